The summed E-state index contributed by atoms with van der Waals surface area (Å²) in [6.07, 6.45) is 1.94. The molecule has 2 unspecified atom stereocenters. The van der Waals surface area contributed by atoms with Gasteiger partial charge in [0.1, 0.15) is 5.75 Å². The molecule has 3 nitrogen and oxygen atoms in total. The number of methoxy groups -OCH3 is 1. The second-order valence-electron chi connectivity index (χ2n) is 4.81. The third kappa shape index (κ3) is 2.99. The van der Waals surface area contributed by atoms with E-state index in [1.807, 2.05) is 6.07 Å². The number of nitrogens with two attached hydrogens (primary N) is 1. The SMILES string of the molecule is COc1ccc(C)cc1CC(N)C1CCOC1. The number of benzene rings is 1. The van der Waals surface area contributed by atoms with Crippen LogP contribution >= 0.6 is 0 Å². The minimum atomic E-state index is 0.160. The Morgan fingerprint density at radius 1 is 1.53 bits per heavy atom. The van der Waals surface area contributed by atoms with E-state index in [0.29, 0.717) is 5.92 Å². The van der Waals surface area contributed by atoms with Gasteiger partial charge >= 0.3 is 0 Å². The van der Waals surface area contributed by atoms with Gasteiger partial charge in [0.05, 0.1) is 13.7 Å². The molecule has 0 aliphatic carbocycles. The third-order valence-corrected chi connectivity index (χ3v) is 3.46. The van der Waals surface area contributed by atoms with Gasteiger partial charge in [0.15, 0.2) is 0 Å². The highest BCUT2D eigenvalue weighted by Gasteiger charge is 2.23. The first-order valence-electron chi connectivity index (χ1n) is 6.17. The molecule has 0 saturated carbocycles. The van der Waals surface area contributed by atoms with Crippen molar-refractivity contribution in [2.75, 3.05) is 20.3 Å². The van der Waals surface area contributed by atoms with Crippen molar-refractivity contribution in [3.05, 3.63) is 29.3 Å². The predicted molar refractivity (Wildman–Crippen MR) is 68.3 cm³/mol. The number of aryl methyl sites for hydroxylation is 1. The van der Waals surface area contributed by atoms with Crippen molar-refractivity contribution in [2.45, 2.75) is 25.8 Å². The minimum Gasteiger partial charge on any atom is -0.496 e. The molecule has 2 rings (SSSR count). The van der Waals surface area contributed by atoms with Crippen LogP contribution in [0.3, 0.4) is 0 Å². The monoisotopic (exact) mass is 235 g/mol. The second-order valence-corrected chi connectivity index (χ2v) is 4.81. The van der Waals surface area contributed by atoms with Crippen LogP contribution in [0.5, 0.6) is 5.75 Å². The summed E-state index contributed by atoms with van der Waals surface area (Å²) in [5.74, 6) is 1.42. The lowest BCUT2D eigenvalue weighted by Crippen LogP contribution is -2.32. The Bertz CT molecular complexity index is 372. The largest absolute Gasteiger partial charge is 0.496 e. The summed E-state index contributed by atoms with van der Waals surface area (Å²) in [4.78, 5) is 0. The first kappa shape index (κ1) is 12.4. The lowest BCUT2D eigenvalue weighted by atomic mass is 9.93. The number of hydrogen-bond acceptors (Lipinski definition) is 3. The first-order chi connectivity index (χ1) is 8.20. The molecule has 17 heavy (non-hydrogen) atoms. The zero-order chi connectivity index (χ0) is 12.3. The maximum Gasteiger partial charge on any atom is 0.122 e. The van der Waals surface area contributed by atoms with Crippen LogP contribution in [0, 0.1) is 12.8 Å². The van der Waals surface area contributed by atoms with Gasteiger partial charge in [0.2, 0.25) is 0 Å². The molecule has 1 aliphatic rings. The van der Waals surface area contributed by atoms with E-state index < -0.39 is 0 Å². The highest BCUT2D eigenvalue weighted by atomic mass is 16.5. The van der Waals surface area contributed by atoms with Crippen molar-refractivity contribution in [2.24, 2.45) is 11.7 Å². The van der Waals surface area contributed by atoms with E-state index in [0.717, 1.165) is 31.8 Å². The van der Waals surface area contributed by atoms with E-state index in [1.54, 1.807) is 7.11 Å². The van der Waals surface area contributed by atoms with E-state index in [2.05, 4.69) is 19.1 Å². The quantitative estimate of drug-likeness (QED) is 0.867. The smallest absolute Gasteiger partial charge is 0.122 e. The highest BCUT2D eigenvalue weighted by molar-refractivity contribution is 5.37. The fourth-order valence-corrected chi connectivity index (χ4v) is 2.38. The molecule has 0 amide bonds. The molecule has 94 valence electrons. The van der Waals surface area contributed by atoms with Gasteiger partial charge in [-0.2, -0.15) is 0 Å². The highest BCUT2D eigenvalue weighted by Crippen LogP contribution is 2.24. The topological polar surface area (TPSA) is 44.5 Å². The van der Waals surface area contributed by atoms with Crippen LogP contribution in [0.15, 0.2) is 18.2 Å². The van der Waals surface area contributed by atoms with Gasteiger partial charge in [0.25, 0.3) is 0 Å². The van der Waals surface area contributed by atoms with E-state index in [9.17, 15) is 0 Å². The van der Waals surface area contributed by atoms with Gasteiger partial charge in [-0.15, -0.1) is 0 Å². The summed E-state index contributed by atoms with van der Waals surface area (Å²) in [7, 11) is 1.71. The maximum atomic E-state index is 6.25. The minimum absolute atomic E-state index is 0.160. The van der Waals surface area contributed by atoms with Crippen molar-refractivity contribution >= 4 is 0 Å². The summed E-state index contributed by atoms with van der Waals surface area (Å²) in [6, 6.07) is 6.40. The third-order valence-electron chi connectivity index (χ3n) is 3.46. The number of ether oxygens (including phenoxy) is 2. The van der Waals surface area contributed by atoms with E-state index >= 15 is 0 Å². The molecule has 1 heterocycles. The maximum absolute atomic E-state index is 6.25. The Labute approximate surface area is 103 Å². The molecule has 1 aliphatic heterocycles. The molecular weight excluding hydrogens is 214 g/mol. The molecule has 1 aromatic rings. The van der Waals surface area contributed by atoms with Crippen molar-refractivity contribution < 1.29 is 9.47 Å². The molecule has 3 heteroatoms. The first-order valence-corrected chi connectivity index (χ1v) is 6.17. The molecule has 1 aromatic carbocycles. The Morgan fingerprint density at radius 3 is 3.00 bits per heavy atom. The molecule has 2 atom stereocenters. The second kappa shape index (κ2) is 5.52. The Hall–Kier alpha value is -1.06. The van der Waals surface area contributed by atoms with Gasteiger partial charge in [-0.3, -0.25) is 0 Å². The Balaban J connectivity index is 2.08. The van der Waals surface area contributed by atoms with Crippen molar-refractivity contribution in [3.8, 4) is 5.75 Å². The van der Waals surface area contributed by atoms with Crippen molar-refractivity contribution in [1.29, 1.82) is 0 Å². The zero-order valence-electron chi connectivity index (χ0n) is 10.6. The van der Waals surface area contributed by atoms with E-state index in [1.165, 1.54) is 11.1 Å². The molecule has 0 aromatic heterocycles. The van der Waals surface area contributed by atoms with Gasteiger partial charge in [-0.25, -0.2) is 0 Å². The lowest BCUT2D eigenvalue weighted by molar-refractivity contribution is 0.180. The van der Waals surface area contributed by atoms with Crippen LogP contribution in [-0.4, -0.2) is 26.4 Å². The molecule has 1 saturated heterocycles. The summed E-state index contributed by atoms with van der Waals surface area (Å²) < 4.78 is 10.8. The number of hydrogen-bond donors (Lipinski definition) is 1. The van der Waals surface area contributed by atoms with Gasteiger partial charge < -0.3 is 15.2 Å². The fourth-order valence-electron chi connectivity index (χ4n) is 2.38. The summed E-state index contributed by atoms with van der Waals surface area (Å²) >= 11 is 0. The van der Waals surface area contributed by atoms with Gasteiger partial charge in [-0.1, -0.05) is 17.7 Å². The Kier molecular flexibility index (Phi) is 4.02. The van der Waals surface area contributed by atoms with Crippen LogP contribution in [0.2, 0.25) is 0 Å². The van der Waals surface area contributed by atoms with E-state index in [4.69, 9.17) is 15.2 Å². The number of rotatable bonds is 4. The summed E-state index contributed by atoms with van der Waals surface area (Å²) in [6.45, 7) is 3.74. The average molecular weight is 235 g/mol. The average Bonchev–Trinajstić information content (AvgIpc) is 2.83. The Morgan fingerprint density at radius 2 is 2.35 bits per heavy atom. The van der Waals surface area contributed by atoms with Crippen LogP contribution in [-0.2, 0) is 11.2 Å². The summed E-state index contributed by atoms with van der Waals surface area (Å²) in [5, 5.41) is 0. The van der Waals surface area contributed by atoms with Crippen LogP contribution < -0.4 is 10.5 Å². The molecule has 0 bridgehead atoms. The summed E-state index contributed by atoms with van der Waals surface area (Å²) in [5.41, 5.74) is 8.70. The normalized spacial score (nSPS) is 21.5. The van der Waals surface area contributed by atoms with Gasteiger partial charge in [-0.05, 0) is 37.3 Å². The van der Waals surface area contributed by atoms with Gasteiger partial charge in [0, 0.05) is 12.6 Å². The standard InChI is InChI=1S/C14H21NO2/c1-10-3-4-14(16-2)12(7-10)8-13(15)11-5-6-17-9-11/h3-4,7,11,13H,5-6,8-9,15H2,1-2H3. The van der Waals surface area contributed by atoms with Crippen LogP contribution in [0.25, 0.3) is 0 Å². The fraction of sp³-hybridized carbons (Fsp3) is 0.571. The lowest BCUT2D eigenvalue weighted by Gasteiger charge is -2.19. The predicted octanol–water partition coefficient (Wildman–Crippen LogP) is 1.91. The molecule has 0 radical (unpaired) electrons. The molecular formula is C14H21NO2. The van der Waals surface area contributed by atoms with E-state index in [-0.39, 0.29) is 6.04 Å². The molecule has 2 N–H and O–H groups in total. The van der Waals surface area contributed by atoms with Crippen LogP contribution in [0.1, 0.15) is 17.5 Å². The molecule has 0 spiro atoms. The van der Waals surface area contributed by atoms with Crippen LogP contribution in [0.4, 0.5) is 0 Å². The molecule has 1 fully saturated rings. The van der Waals surface area contributed by atoms with Crippen molar-refractivity contribution in [1.82, 2.24) is 0 Å². The van der Waals surface area contributed by atoms with Crippen molar-refractivity contribution in [3.63, 3.8) is 0 Å². The zero-order valence-corrected chi connectivity index (χ0v) is 10.6.